The minimum atomic E-state index is -0.599. The molecule has 7 nitrogen and oxygen atoms in total. The number of nitrogens with zero attached hydrogens (tertiary/aromatic N) is 2. The molecule has 3 N–H and O–H groups in total. The fraction of sp³-hybridized carbons (Fsp3) is 0.562. The number of alkyl carbamates (subject to hydrolysis) is 1. The van der Waals surface area contributed by atoms with E-state index in [4.69, 9.17) is 10.5 Å². The Bertz CT molecular complexity index is 566. The molecule has 0 aliphatic carbocycles. The van der Waals surface area contributed by atoms with Crippen molar-refractivity contribution < 1.29 is 14.3 Å². The quantitative estimate of drug-likeness (QED) is 0.869. The van der Waals surface area contributed by atoms with Gasteiger partial charge in [0.15, 0.2) is 0 Å². The monoisotopic (exact) mass is 320 g/mol. The molecule has 1 unspecified atom stereocenters. The van der Waals surface area contributed by atoms with Crippen molar-refractivity contribution in [1.82, 2.24) is 10.3 Å². The van der Waals surface area contributed by atoms with Crippen molar-refractivity contribution in [2.24, 2.45) is 0 Å². The molecule has 1 atom stereocenters. The van der Waals surface area contributed by atoms with Gasteiger partial charge in [0.1, 0.15) is 17.5 Å². The maximum absolute atomic E-state index is 12.7. The smallest absolute Gasteiger partial charge is 0.408 e. The highest BCUT2D eigenvalue weighted by molar-refractivity contribution is 5.98. The maximum atomic E-state index is 12.7. The lowest BCUT2D eigenvalue weighted by atomic mass is 10.1. The molecule has 2 rings (SSSR count). The van der Waals surface area contributed by atoms with Crippen LogP contribution in [0.25, 0.3) is 0 Å². The summed E-state index contributed by atoms with van der Waals surface area (Å²) in [6.45, 7) is 5.95. The highest BCUT2D eigenvalue weighted by atomic mass is 16.6. The highest BCUT2D eigenvalue weighted by Crippen LogP contribution is 2.21. The molecule has 1 aromatic heterocycles. The lowest BCUT2D eigenvalue weighted by molar-refractivity contribution is -0.120. The van der Waals surface area contributed by atoms with Crippen molar-refractivity contribution in [2.45, 2.75) is 51.7 Å². The minimum absolute atomic E-state index is 0.153. The summed E-state index contributed by atoms with van der Waals surface area (Å²) in [5, 5.41) is 2.68. The Kier molecular flexibility index (Phi) is 5.08. The van der Waals surface area contributed by atoms with Gasteiger partial charge in [-0.1, -0.05) is 0 Å². The first-order valence-electron chi connectivity index (χ1n) is 7.79. The molecular formula is C16H24N4O3. The minimum Gasteiger partial charge on any atom is -0.444 e. The molecule has 0 bridgehead atoms. The summed E-state index contributed by atoms with van der Waals surface area (Å²) < 4.78 is 5.24. The summed E-state index contributed by atoms with van der Waals surface area (Å²) in [4.78, 5) is 30.3. The van der Waals surface area contributed by atoms with Gasteiger partial charge in [0.25, 0.3) is 0 Å². The van der Waals surface area contributed by atoms with E-state index in [0.29, 0.717) is 24.5 Å². The molecule has 0 radical (unpaired) electrons. The van der Waals surface area contributed by atoms with E-state index in [1.54, 1.807) is 44.0 Å². The van der Waals surface area contributed by atoms with Gasteiger partial charge in [-0.15, -0.1) is 0 Å². The van der Waals surface area contributed by atoms with Gasteiger partial charge < -0.3 is 20.7 Å². The molecule has 7 heteroatoms. The zero-order chi connectivity index (χ0) is 17.0. The van der Waals surface area contributed by atoms with E-state index in [-0.39, 0.29) is 5.91 Å². The number of ether oxygens (including phenoxy) is 1. The van der Waals surface area contributed by atoms with Gasteiger partial charge >= 0.3 is 6.09 Å². The summed E-state index contributed by atoms with van der Waals surface area (Å²) in [6, 6.07) is 2.82. The number of carbonyl (C=O) groups excluding carboxylic acids is 2. The van der Waals surface area contributed by atoms with Crippen LogP contribution in [0.15, 0.2) is 18.3 Å². The van der Waals surface area contributed by atoms with Crippen LogP contribution in [0, 0.1) is 0 Å². The van der Waals surface area contributed by atoms with E-state index in [2.05, 4.69) is 10.3 Å². The number of hydrogen-bond acceptors (Lipinski definition) is 5. The Morgan fingerprint density at radius 1 is 1.39 bits per heavy atom. The number of carbonyl (C=O) groups is 2. The predicted octanol–water partition coefficient (Wildman–Crippen LogP) is 2.07. The number of nitrogens with one attached hydrogen (secondary N) is 1. The van der Waals surface area contributed by atoms with Gasteiger partial charge in [0, 0.05) is 6.54 Å². The summed E-state index contributed by atoms with van der Waals surface area (Å²) in [5.74, 6) is 0.249. The van der Waals surface area contributed by atoms with E-state index < -0.39 is 17.7 Å². The summed E-state index contributed by atoms with van der Waals surface area (Å²) >= 11 is 0. The molecule has 1 fully saturated rings. The van der Waals surface area contributed by atoms with Crippen LogP contribution in [0.5, 0.6) is 0 Å². The average Bonchev–Trinajstić information content (AvgIpc) is 2.61. The SMILES string of the molecule is CC(C)(C)OC(=O)NC1CCCCN(c2ccc(N)nc2)C1=O. The van der Waals surface area contributed by atoms with Gasteiger partial charge in [-0.25, -0.2) is 9.78 Å². The van der Waals surface area contributed by atoms with Gasteiger partial charge in [-0.2, -0.15) is 0 Å². The number of pyridine rings is 1. The van der Waals surface area contributed by atoms with Crippen molar-refractivity contribution in [3.63, 3.8) is 0 Å². The Hall–Kier alpha value is -2.31. The fourth-order valence-electron chi connectivity index (χ4n) is 2.44. The zero-order valence-corrected chi connectivity index (χ0v) is 13.8. The van der Waals surface area contributed by atoms with Crippen LogP contribution in [-0.2, 0) is 9.53 Å². The third-order valence-corrected chi connectivity index (χ3v) is 3.46. The van der Waals surface area contributed by atoms with E-state index in [0.717, 1.165) is 12.8 Å². The molecule has 23 heavy (non-hydrogen) atoms. The van der Waals surface area contributed by atoms with Crippen molar-refractivity contribution in [2.75, 3.05) is 17.2 Å². The van der Waals surface area contributed by atoms with Crippen molar-refractivity contribution in [3.8, 4) is 0 Å². The van der Waals surface area contributed by atoms with Gasteiger partial charge in [-0.3, -0.25) is 4.79 Å². The normalized spacial score (nSPS) is 19.2. The number of nitrogen functional groups attached to an aromatic ring is 1. The lowest BCUT2D eigenvalue weighted by Gasteiger charge is -2.26. The van der Waals surface area contributed by atoms with Gasteiger partial charge in [0.2, 0.25) is 5.91 Å². The second-order valence-electron chi connectivity index (χ2n) is 6.63. The molecule has 126 valence electrons. The van der Waals surface area contributed by atoms with Crippen LogP contribution < -0.4 is 16.0 Å². The summed E-state index contributed by atoms with van der Waals surface area (Å²) in [7, 11) is 0. The van der Waals surface area contributed by atoms with Crippen LogP contribution in [0.2, 0.25) is 0 Å². The van der Waals surface area contributed by atoms with Crippen LogP contribution >= 0.6 is 0 Å². The second kappa shape index (κ2) is 6.85. The number of anilines is 2. The van der Waals surface area contributed by atoms with E-state index >= 15 is 0 Å². The second-order valence-corrected chi connectivity index (χ2v) is 6.63. The van der Waals surface area contributed by atoms with Crippen LogP contribution in [0.4, 0.5) is 16.3 Å². The number of aromatic nitrogens is 1. The Morgan fingerprint density at radius 2 is 2.13 bits per heavy atom. The molecule has 2 heterocycles. The Balaban J connectivity index is 2.10. The standard InChI is InChI=1S/C16H24N4O3/c1-16(2,3)23-15(22)19-12-6-4-5-9-20(14(12)21)11-7-8-13(17)18-10-11/h7-8,10,12H,4-6,9H2,1-3H3,(H2,17,18)(H,19,22). The average molecular weight is 320 g/mol. The number of nitrogens with two attached hydrogens (primary N) is 1. The highest BCUT2D eigenvalue weighted by Gasteiger charge is 2.30. The van der Waals surface area contributed by atoms with E-state index in [9.17, 15) is 9.59 Å². The topological polar surface area (TPSA) is 97.6 Å². The van der Waals surface area contributed by atoms with Gasteiger partial charge in [0.05, 0.1) is 11.9 Å². The Labute approximate surface area is 136 Å². The van der Waals surface area contributed by atoms with Crippen molar-refractivity contribution in [1.29, 1.82) is 0 Å². The molecule has 1 aliphatic heterocycles. The summed E-state index contributed by atoms with van der Waals surface area (Å²) in [5.41, 5.74) is 5.67. The first kappa shape index (κ1) is 17.1. The molecule has 1 aromatic rings. The molecule has 1 aliphatic rings. The number of amides is 2. The predicted molar refractivity (Wildman–Crippen MR) is 88.0 cm³/mol. The molecule has 1 saturated heterocycles. The first-order chi connectivity index (χ1) is 10.8. The lowest BCUT2D eigenvalue weighted by Crippen LogP contribution is -2.48. The largest absolute Gasteiger partial charge is 0.444 e. The van der Waals surface area contributed by atoms with Crippen molar-refractivity contribution in [3.05, 3.63) is 18.3 Å². The number of rotatable bonds is 2. The third-order valence-electron chi connectivity index (χ3n) is 3.46. The van der Waals surface area contributed by atoms with Crippen LogP contribution in [-0.4, -0.2) is 35.2 Å². The van der Waals surface area contributed by atoms with Crippen LogP contribution in [0.3, 0.4) is 0 Å². The third kappa shape index (κ3) is 4.84. The first-order valence-corrected chi connectivity index (χ1v) is 7.79. The molecule has 0 aromatic carbocycles. The van der Waals surface area contributed by atoms with E-state index in [1.807, 2.05) is 0 Å². The summed E-state index contributed by atoms with van der Waals surface area (Å²) in [6.07, 6.45) is 3.31. The number of hydrogen-bond donors (Lipinski definition) is 2. The molecule has 2 amide bonds. The zero-order valence-electron chi connectivity index (χ0n) is 13.8. The molecule has 0 spiro atoms. The van der Waals surface area contributed by atoms with Crippen molar-refractivity contribution >= 4 is 23.5 Å². The molecule has 0 saturated carbocycles. The fourth-order valence-corrected chi connectivity index (χ4v) is 2.44. The maximum Gasteiger partial charge on any atom is 0.408 e. The van der Waals surface area contributed by atoms with Crippen LogP contribution in [0.1, 0.15) is 40.0 Å². The Morgan fingerprint density at radius 3 is 2.74 bits per heavy atom. The van der Waals surface area contributed by atoms with E-state index in [1.165, 1.54) is 0 Å². The molecular weight excluding hydrogens is 296 g/mol. The van der Waals surface area contributed by atoms with Gasteiger partial charge in [-0.05, 0) is 52.2 Å².